The van der Waals surface area contributed by atoms with Crippen molar-refractivity contribution in [3.8, 4) is 0 Å². The van der Waals surface area contributed by atoms with Crippen LogP contribution in [0.15, 0.2) is 40.2 Å². The van der Waals surface area contributed by atoms with E-state index in [1.54, 1.807) is 0 Å². The molecule has 3 aliphatic heterocycles. The van der Waals surface area contributed by atoms with Crippen LogP contribution in [-0.4, -0.2) is 80.0 Å². The summed E-state index contributed by atoms with van der Waals surface area (Å²) in [7, 11) is 1.93. The molecular formula is C23H37IN4OS. The second-order valence-corrected chi connectivity index (χ2v) is 9.75. The van der Waals surface area contributed by atoms with E-state index in [-0.39, 0.29) is 29.5 Å². The van der Waals surface area contributed by atoms with Crippen LogP contribution in [0.4, 0.5) is 0 Å². The molecule has 0 radical (unpaired) electrons. The number of guanidine groups is 1. The van der Waals surface area contributed by atoms with Crippen LogP contribution in [0.2, 0.25) is 0 Å². The summed E-state index contributed by atoms with van der Waals surface area (Å²) in [6.45, 7) is 7.46. The summed E-state index contributed by atoms with van der Waals surface area (Å²) in [5.41, 5.74) is 0.243. The minimum Gasteiger partial charge on any atom is -0.381 e. The van der Waals surface area contributed by atoms with Crippen LogP contribution >= 0.6 is 35.7 Å². The fourth-order valence-electron chi connectivity index (χ4n) is 5.02. The second kappa shape index (κ2) is 11.9. The summed E-state index contributed by atoms with van der Waals surface area (Å²) in [5.74, 6) is 3.00. The number of likely N-dealkylation sites (tertiary alicyclic amines) is 2. The Kier molecular flexibility index (Phi) is 9.60. The zero-order valence-corrected chi connectivity index (χ0v) is 21.4. The lowest BCUT2D eigenvalue weighted by atomic mass is 9.88. The molecule has 1 unspecified atom stereocenters. The maximum absolute atomic E-state index is 5.70. The quantitative estimate of drug-likeness (QED) is 0.254. The van der Waals surface area contributed by atoms with Crippen LogP contribution in [-0.2, 0) is 4.74 Å². The lowest BCUT2D eigenvalue weighted by molar-refractivity contribution is -0.0166. The largest absolute Gasteiger partial charge is 0.381 e. The fraction of sp³-hybridized carbons (Fsp3) is 0.696. The Morgan fingerprint density at radius 2 is 1.90 bits per heavy atom. The average molecular weight is 545 g/mol. The predicted molar refractivity (Wildman–Crippen MR) is 137 cm³/mol. The molecule has 0 saturated carbocycles. The molecule has 4 rings (SSSR count). The summed E-state index contributed by atoms with van der Waals surface area (Å²) >= 11 is 1.98. The van der Waals surface area contributed by atoms with Gasteiger partial charge in [-0.2, -0.15) is 0 Å². The first-order valence-electron chi connectivity index (χ1n) is 11.3. The number of ether oxygens (including phenoxy) is 1. The Bertz CT molecular complexity index is 662. The molecule has 3 heterocycles. The minimum atomic E-state index is 0. The number of thioether (sulfide) groups is 1. The standard InChI is InChI=1S/C23H36N4OS.HI/c1-24-22(25-19-23(10-15-28-16-11-23)27-12-5-6-13-27)26-14-9-20(17-26)18-29-21-7-3-2-4-8-21;/h2-4,7-8,20H,5-6,9-19H2,1H3,(H,24,25);1H. The minimum absolute atomic E-state index is 0. The van der Waals surface area contributed by atoms with E-state index in [0.29, 0.717) is 0 Å². The Hall–Kier alpha value is -0.510. The SMILES string of the molecule is CN=C(NCC1(N2CCCC2)CCOCC1)N1CCC(CSc2ccccc2)C1.I. The first-order valence-corrected chi connectivity index (χ1v) is 12.2. The molecule has 30 heavy (non-hydrogen) atoms. The highest BCUT2D eigenvalue weighted by Crippen LogP contribution is 2.31. The molecule has 0 aromatic heterocycles. The van der Waals surface area contributed by atoms with Crippen molar-refractivity contribution in [3.05, 3.63) is 30.3 Å². The lowest BCUT2D eigenvalue weighted by Crippen LogP contribution is -2.58. The monoisotopic (exact) mass is 544 g/mol. The van der Waals surface area contributed by atoms with Crippen molar-refractivity contribution in [1.82, 2.24) is 15.1 Å². The molecule has 3 aliphatic rings. The summed E-state index contributed by atoms with van der Waals surface area (Å²) in [4.78, 5) is 11.2. The van der Waals surface area contributed by atoms with Crippen LogP contribution in [0, 0.1) is 5.92 Å². The van der Waals surface area contributed by atoms with Gasteiger partial charge < -0.3 is 15.0 Å². The Morgan fingerprint density at radius 1 is 1.17 bits per heavy atom. The van der Waals surface area contributed by atoms with Crippen LogP contribution < -0.4 is 5.32 Å². The first-order chi connectivity index (χ1) is 14.3. The number of benzene rings is 1. The van der Waals surface area contributed by atoms with Gasteiger partial charge in [-0.1, -0.05) is 18.2 Å². The molecule has 3 fully saturated rings. The van der Waals surface area contributed by atoms with Gasteiger partial charge in [0.25, 0.3) is 0 Å². The number of halogens is 1. The maximum atomic E-state index is 5.70. The average Bonchev–Trinajstić information content (AvgIpc) is 3.47. The van der Waals surface area contributed by atoms with Crippen molar-refractivity contribution < 1.29 is 4.74 Å². The molecule has 0 aliphatic carbocycles. The predicted octanol–water partition coefficient (Wildman–Crippen LogP) is 3.94. The Balaban J connectivity index is 0.00000256. The van der Waals surface area contributed by atoms with Crippen LogP contribution in [0.3, 0.4) is 0 Å². The van der Waals surface area contributed by atoms with E-state index < -0.39 is 0 Å². The van der Waals surface area contributed by atoms with Crippen molar-refractivity contribution >= 4 is 41.7 Å². The number of nitrogens with zero attached hydrogens (tertiary/aromatic N) is 3. The molecule has 1 aromatic rings. The third kappa shape index (κ3) is 6.04. The third-order valence-corrected chi connectivity index (χ3v) is 8.05. The van der Waals surface area contributed by atoms with E-state index in [1.165, 1.54) is 43.0 Å². The zero-order chi connectivity index (χ0) is 19.9. The smallest absolute Gasteiger partial charge is 0.193 e. The van der Waals surface area contributed by atoms with Gasteiger partial charge in [-0.25, -0.2) is 0 Å². The normalized spacial score (nSPS) is 24.6. The highest BCUT2D eigenvalue weighted by molar-refractivity contribution is 14.0. The number of rotatable bonds is 6. The highest BCUT2D eigenvalue weighted by atomic mass is 127. The van der Waals surface area contributed by atoms with Crippen molar-refractivity contribution in [2.75, 3.05) is 58.7 Å². The topological polar surface area (TPSA) is 40.1 Å². The van der Waals surface area contributed by atoms with Gasteiger partial charge in [0.1, 0.15) is 0 Å². The van der Waals surface area contributed by atoms with Crippen molar-refractivity contribution in [2.45, 2.75) is 42.5 Å². The van der Waals surface area contributed by atoms with E-state index in [4.69, 9.17) is 4.74 Å². The molecule has 1 aromatic carbocycles. The van der Waals surface area contributed by atoms with Crippen molar-refractivity contribution in [2.24, 2.45) is 10.9 Å². The van der Waals surface area contributed by atoms with Gasteiger partial charge in [-0.05, 0) is 63.2 Å². The summed E-state index contributed by atoms with van der Waals surface area (Å²) in [6.07, 6.45) is 6.20. The second-order valence-electron chi connectivity index (χ2n) is 8.66. The number of aliphatic imine (C=N–C) groups is 1. The van der Waals surface area contributed by atoms with Gasteiger partial charge in [-0.15, -0.1) is 35.7 Å². The molecule has 0 bridgehead atoms. The molecular weight excluding hydrogens is 507 g/mol. The molecule has 0 spiro atoms. The van der Waals surface area contributed by atoms with Crippen LogP contribution in [0.1, 0.15) is 32.1 Å². The molecule has 3 saturated heterocycles. The van der Waals surface area contributed by atoms with Gasteiger partial charge >= 0.3 is 0 Å². The molecule has 1 atom stereocenters. The summed E-state index contributed by atoms with van der Waals surface area (Å²) in [5, 5.41) is 3.77. The van der Waals surface area contributed by atoms with Gasteiger partial charge in [-0.3, -0.25) is 9.89 Å². The molecule has 7 heteroatoms. The lowest BCUT2D eigenvalue weighted by Gasteiger charge is -2.45. The summed E-state index contributed by atoms with van der Waals surface area (Å²) < 4.78 is 5.70. The molecule has 5 nitrogen and oxygen atoms in total. The first kappa shape index (κ1) is 24.1. The Labute approximate surface area is 203 Å². The maximum Gasteiger partial charge on any atom is 0.193 e. The molecule has 1 N–H and O–H groups in total. The van der Waals surface area contributed by atoms with Crippen LogP contribution in [0.25, 0.3) is 0 Å². The fourth-order valence-corrected chi connectivity index (χ4v) is 6.07. The van der Waals surface area contributed by atoms with E-state index in [9.17, 15) is 0 Å². The number of hydrogen-bond acceptors (Lipinski definition) is 4. The third-order valence-electron chi connectivity index (χ3n) is 6.80. The zero-order valence-electron chi connectivity index (χ0n) is 18.2. The van der Waals surface area contributed by atoms with Crippen molar-refractivity contribution in [3.63, 3.8) is 0 Å². The van der Waals surface area contributed by atoms with Gasteiger partial charge in [0.15, 0.2) is 5.96 Å². The Morgan fingerprint density at radius 3 is 2.60 bits per heavy atom. The van der Waals surface area contributed by atoms with Gasteiger partial charge in [0.2, 0.25) is 0 Å². The van der Waals surface area contributed by atoms with Crippen LogP contribution in [0.5, 0.6) is 0 Å². The molecule has 168 valence electrons. The van der Waals surface area contributed by atoms with Gasteiger partial charge in [0, 0.05) is 56.1 Å². The van der Waals surface area contributed by atoms with E-state index in [0.717, 1.165) is 57.6 Å². The van der Waals surface area contributed by atoms with Crippen molar-refractivity contribution in [1.29, 1.82) is 0 Å². The van der Waals surface area contributed by atoms with E-state index >= 15 is 0 Å². The highest BCUT2D eigenvalue weighted by Gasteiger charge is 2.40. The summed E-state index contributed by atoms with van der Waals surface area (Å²) in [6, 6.07) is 10.8. The molecule has 0 amide bonds. The number of nitrogens with one attached hydrogen (secondary N) is 1. The van der Waals surface area contributed by atoms with Gasteiger partial charge in [0.05, 0.1) is 0 Å². The van der Waals surface area contributed by atoms with E-state index in [1.807, 2.05) is 18.8 Å². The van der Waals surface area contributed by atoms with E-state index in [2.05, 4.69) is 50.4 Å². The number of hydrogen-bond donors (Lipinski definition) is 1.